The molecule has 0 atom stereocenters. The quantitative estimate of drug-likeness (QED) is 0.422. The van der Waals surface area contributed by atoms with E-state index < -0.39 is 14.9 Å². The van der Waals surface area contributed by atoms with Crippen molar-refractivity contribution in [1.29, 1.82) is 0 Å². The van der Waals surface area contributed by atoms with Gasteiger partial charge in [-0.05, 0) is 18.2 Å². The van der Waals surface area contributed by atoms with E-state index in [1.54, 1.807) is 0 Å². The van der Waals surface area contributed by atoms with Crippen molar-refractivity contribution in [2.45, 2.75) is 4.90 Å². The number of benzene rings is 2. The van der Waals surface area contributed by atoms with E-state index in [1.807, 2.05) is 4.83 Å². The number of phenols is 1. The van der Waals surface area contributed by atoms with Crippen molar-refractivity contribution in [1.82, 2.24) is 4.83 Å². The summed E-state index contributed by atoms with van der Waals surface area (Å²) in [4.78, 5) is 11.9. The Labute approximate surface area is 148 Å². The summed E-state index contributed by atoms with van der Waals surface area (Å²) in [5.74, 6) is 0.289. The Kier molecular flexibility index (Phi) is 5.62. The van der Waals surface area contributed by atoms with Crippen LogP contribution in [0, 0.1) is 10.1 Å². The Morgan fingerprint density at radius 2 is 1.85 bits per heavy atom. The second kappa shape index (κ2) is 7.70. The highest BCUT2D eigenvalue weighted by atomic mass is 32.2. The lowest BCUT2D eigenvalue weighted by atomic mass is 10.2. The van der Waals surface area contributed by atoms with Gasteiger partial charge in [-0.2, -0.15) is 13.5 Å². The van der Waals surface area contributed by atoms with Gasteiger partial charge in [0.1, 0.15) is 5.75 Å². The third-order valence-corrected chi connectivity index (χ3v) is 4.48. The molecule has 0 saturated carbocycles. The molecule has 0 saturated heterocycles. The van der Waals surface area contributed by atoms with Gasteiger partial charge in [0.25, 0.3) is 15.7 Å². The third-order valence-electron chi connectivity index (χ3n) is 3.26. The van der Waals surface area contributed by atoms with Crippen LogP contribution in [0.1, 0.15) is 5.56 Å². The fourth-order valence-electron chi connectivity index (χ4n) is 1.96. The minimum atomic E-state index is -4.03. The summed E-state index contributed by atoms with van der Waals surface area (Å²) < 4.78 is 34.6. The fraction of sp³-hybridized carbons (Fsp3) is 0.133. The molecule has 0 aliphatic rings. The number of nitrogens with one attached hydrogen (secondary N) is 1. The van der Waals surface area contributed by atoms with Crippen LogP contribution in [0.3, 0.4) is 0 Å². The molecule has 0 spiro atoms. The lowest BCUT2D eigenvalue weighted by Gasteiger charge is -2.09. The molecule has 138 valence electrons. The lowest BCUT2D eigenvalue weighted by molar-refractivity contribution is -0.384. The van der Waals surface area contributed by atoms with Gasteiger partial charge in [-0.15, -0.1) is 0 Å². The van der Waals surface area contributed by atoms with Gasteiger partial charge in [-0.1, -0.05) is 0 Å². The molecule has 2 aromatic rings. The van der Waals surface area contributed by atoms with Crippen LogP contribution in [0.15, 0.2) is 46.4 Å². The Balaban J connectivity index is 2.24. The SMILES string of the molecule is COc1ccc(S(=O)(=O)N/N=C/c2cc([N+](=O)[O-])ccc2O)cc1OC. The average Bonchev–Trinajstić information content (AvgIpc) is 2.62. The van der Waals surface area contributed by atoms with E-state index in [2.05, 4.69) is 5.10 Å². The number of rotatable bonds is 7. The number of nitro benzene ring substituents is 1. The number of hydrogen-bond acceptors (Lipinski definition) is 8. The standard InChI is InChI=1S/C15H15N3O7S/c1-24-14-6-4-12(8-15(14)25-2)26(22,23)17-16-9-10-7-11(18(20)21)3-5-13(10)19/h3-9,17,19H,1-2H3/b16-9+. The van der Waals surface area contributed by atoms with Crippen LogP contribution in [0.25, 0.3) is 0 Å². The molecule has 0 radical (unpaired) electrons. The first-order valence-electron chi connectivity index (χ1n) is 7.03. The second-order valence-electron chi connectivity index (χ2n) is 4.87. The number of sulfonamides is 1. The third kappa shape index (κ3) is 4.19. The summed E-state index contributed by atoms with van der Waals surface area (Å²) in [6.07, 6.45) is 0.959. The molecule has 0 aliphatic heterocycles. The number of non-ortho nitro benzene ring substituents is 1. The summed E-state index contributed by atoms with van der Waals surface area (Å²) in [7, 11) is -1.24. The van der Waals surface area contributed by atoms with Gasteiger partial charge in [-0.3, -0.25) is 10.1 Å². The molecular formula is C15H15N3O7S. The van der Waals surface area contributed by atoms with Crippen LogP contribution >= 0.6 is 0 Å². The first-order valence-corrected chi connectivity index (χ1v) is 8.51. The van der Waals surface area contributed by atoms with E-state index in [0.29, 0.717) is 5.75 Å². The van der Waals surface area contributed by atoms with E-state index in [0.717, 1.165) is 24.4 Å². The Hall–Kier alpha value is -3.34. The Bertz CT molecular complexity index is 958. The highest BCUT2D eigenvalue weighted by Crippen LogP contribution is 2.29. The molecule has 2 aromatic carbocycles. The van der Waals surface area contributed by atoms with Gasteiger partial charge in [0.15, 0.2) is 11.5 Å². The van der Waals surface area contributed by atoms with Crippen LogP contribution in [0.5, 0.6) is 17.2 Å². The van der Waals surface area contributed by atoms with E-state index in [9.17, 15) is 23.6 Å². The molecule has 0 aliphatic carbocycles. The molecule has 2 rings (SSSR count). The topological polar surface area (TPSA) is 140 Å². The number of aromatic hydroxyl groups is 1. The van der Waals surface area contributed by atoms with E-state index in [4.69, 9.17) is 9.47 Å². The number of nitrogens with zero attached hydrogens (tertiary/aromatic N) is 2. The largest absolute Gasteiger partial charge is 0.507 e. The summed E-state index contributed by atoms with van der Waals surface area (Å²) in [6.45, 7) is 0. The normalized spacial score (nSPS) is 11.3. The van der Waals surface area contributed by atoms with Crippen molar-refractivity contribution in [2.75, 3.05) is 14.2 Å². The molecule has 0 heterocycles. The number of hydrogen-bond donors (Lipinski definition) is 2. The highest BCUT2D eigenvalue weighted by Gasteiger charge is 2.16. The molecule has 11 heteroatoms. The van der Waals surface area contributed by atoms with Crippen molar-refractivity contribution in [3.63, 3.8) is 0 Å². The van der Waals surface area contributed by atoms with Gasteiger partial charge < -0.3 is 14.6 Å². The van der Waals surface area contributed by atoms with Crippen LogP contribution in [-0.2, 0) is 10.0 Å². The van der Waals surface area contributed by atoms with Crippen molar-refractivity contribution < 1.29 is 27.9 Å². The summed E-state index contributed by atoms with van der Waals surface area (Å²) >= 11 is 0. The highest BCUT2D eigenvalue weighted by molar-refractivity contribution is 7.89. The zero-order valence-electron chi connectivity index (χ0n) is 13.7. The summed E-state index contributed by atoms with van der Waals surface area (Å²) in [5.41, 5.74) is -0.291. The predicted molar refractivity (Wildman–Crippen MR) is 92.2 cm³/mol. The Morgan fingerprint density at radius 1 is 1.15 bits per heavy atom. The van der Waals surface area contributed by atoms with Crippen molar-refractivity contribution >= 4 is 21.9 Å². The van der Waals surface area contributed by atoms with E-state index in [1.165, 1.54) is 32.4 Å². The molecule has 0 bridgehead atoms. The zero-order valence-corrected chi connectivity index (χ0v) is 14.6. The predicted octanol–water partition coefficient (Wildman–Crippen LogP) is 1.63. The maximum atomic E-state index is 12.3. The summed E-state index contributed by atoms with van der Waals surface area (Å²) in [5, 5.41) is 23.9. The van der Waals surface area contributed by atoms with Crippen LogP contribution in [0.2, 0.25) is 0 Å². The minimum absolute atomic E-state index is 0.0192. The maximum Gasteiger partial charge on any atom is 0.276 e. The van der Waals surface area contributed by atoms with Gasteiger partial charge >= 0.3 is 0 Å². The first-order chi connectivity index (χ1) is 12.3. The molecule has 0 unspecified atom stereocenters. The molecule has 0 aromatic heterocycles. The molecule has 10 nitrogen and oxygen atoms in total. The molecule has 0 fully saturated rings. The van der Waals surface area contributed by atoms with E-state index >= 15 is 0 Å². The molecular weight excluding hydrogens is 366 g/mol. The second-order valence-corrected chi connectivity index (χ2v) is 6.53. The number of hydrazone groups is 1. The Morgan fingerprint density at radius 3 is 2.46 bits per heavy atom. The number of phenolic OH excluding ortho intramolecular Hbond substituents is 1. The van der Waals surface area contributed by atoms with Gasteiger partial charge in [-0.25, -0.2) is 4.83 Å². The number of methoxy groups -OCH3 is 2. The average molecular weight is 381 g/mol. The van der Waals surface area contributed by atoms with E-state index in [-0.39, 0.29) is 27.6 Å². The smallest absolute Gasteiger partial charge is 0.276 e. The van der Waals surface area contributed by atoms with Gasteiger partial charge in [0, 0.05) is 23.8 Å². The summed E-state index contributed by atoms with van der Waals surface area (Å²) in [6, 6.07) is 7.25. The first kappa shape index (κ1) is 19.0. The van der Waals surface area contributed by atoms with Crippen LogP contribution < -0.4 is 14.3 Å². The van der Waals surface area contributed by atoms with Crippen molar-refractivity contribution in [3.8, 4) is 17.2 Å². The lowest BCUT2D eigenvalue weighted by Crippen LogP contribution is -2.18. The van der Waals surface area contributed by atoms with Crippen LogP contribution in [0.4, 0.5) is 5.69 Å². The molecule has 26 heavy (non-hydrogen) atoms. The van der Waals surface area contributed by atoms with Crippen LogP contribution in [-0.4, -0.2) is 38.9 Å². The maximum absolute atomic E-state index is 12.3. The minimum Gasteiger partial charge on any atom is -0.507 e. The number of nitro groups is 1. The van der Waals surface area contributed by atoms with Gasteiger partial charge in [0.05, 0.1) is 30.3 Å². The van der Waals surface area contributed by atoms with Crippen molar-refractivity contribution in [3.05, 3.63) is 52.1 Å². The molecule has 2 N–H and O–H groups in total. The zero-order chi connectivity index (χ0) is 19.3. The number of ether oxygens (including phenoxy) is 2. The fourth-order valence-corrected chi connectivity index (χ4v) is 2.77. The monoisotopic (exact) mass is 381 g/mol. The van der Waals surface area contributed by atoms with Crippen molar-refractivity contribution in [2.24, 2.45) is 5.10 Å². The van der Waals surface area contributed by atoms with Gasteiger partial charge in [0.2, 0.25) is 0 Å². The molecule has 0 amide bonds.